The van der Waals surface area contributed by atoms with Crippen LogP contribution in [0.15, 0.2) is 55.0 Å². The van der Waals surface area contributed by atoms with Crippen molar-refractivity contribution in [3.8, 4) is 17.0 Å². The van der Waals surface area contributed by atoms with Gasteiger partial charge in [0.15, 0.2) is 11.5 Å². The third-order valence-corrected chi connectivity index (χ3v) is 5.27. The normalized spacial score (nSPS) is 15.2. The zero-order valence-corrected chi connectivity index (χ0v) is 16.7. The van der Waals surface area contributed by atoms with Crippen LogP contribution in [0.1, 0.15) is 19.8 Å². The van der Waals surface area contributed by atoms with E-state index in [0.29, 0.717) is 0 Å². The fourth-order valence-electron chi connectivity index (χ4n) is 3.68. The van der Waals surface area contributed by atoms with Gasteiger partial charge in [-0.05, 0) is 50.1 Å². The highest BCUT2D eigenvalue weighted by molar-refractivity contribution is 5.87. The molecule has 0 radical (unpaired) electrons. The van der Waals surface area contributed by atoms with E-state index in [-0.39, 0.29) is 11.9 Å². The highest BCUT2D eigenvalue weighted by atomic mass is 16.5. The molecule has 3 heterocycles. The average molecular weight is 391 g/mol. The monoisotopic (exact) mass is 391 g/mol. The van der Waals surface area contributed by atoms with Gasteiger partial charge in [0.05, 0.1) is 19.0 Å². The van der Waals surface area contributed by atoms with Crippen molar-refractivity contribution >= 4 is 17.4 Å². The van der Waals surface area contributed by atoms with E-state index in [1.54, 1.807) is 25.5 Å². The van der Waals surface area contributed by atoms with Crippen LogP contribution < -0.4 is 10.1 Å². The molecule has 0 atom stereocenters. The Morgan fingerprint density at radius 3 is 2.66 bits per heavy atom. The number of likely N-dealkylation sites (tertiary alicyclic amines) is 1. The Hall–Kier alpha value is -3.35. The Labute approximate surface area is 170 Å². The summed E-state index contributed by atoms with van der Waals surface area (Å²) in [7, 11) is 1.66. The van der Waals surface area contributed by atoms with Crippen LogP contribution in [0.2, 0.25) is 0 Å². The van der Waals surface area contributed by atoms with Crippen molar-refractivity contribution in [3.05, 3.63) is 55.0 Å². The van der Waals surface area contributed by atoms with E-state index >= 15 is 0 Å². The summed E-state index contributed by atoms with van der Waals surface area (Å²) in [6, 6.07) is 8.19. The fraction of sp³-hybridized carbons (Fsp3) is 0.318. The molecule has 150 valence electrons. The number of hydrogen-bond acceptors (Lipinski definition) is 5. The molecule has 1 N–H and O–H groups in total. The predicted molar refractivity (Wildman–Crippen MR) is 113 cm³/mol. The number of anilines is 1. The van der Waals surface area contributed by atoms with Crippen molar-refractivity contribution in [1.29, 1.82) is 0 Å². The van der Waals surface area contributed by atoms with Crippen LogP contribution in [-0.2, 0) is 4.79 Å². The van der Waals surface area contributed by atoms with E-state index in [2.05, 4.69) is 15.3 Å². The summed E-state index contributed by atoms with van der Waals surface area (Å²) in [5.74, 6) is 1.68. The number of carbonyl (C=O) groups is 1. The number of hydrogen-bond donors (Lipinski definition) is 1. The highest BCUT2D eigenvalue weighted by Gasteiger charge is 2.22. The lowest BCUT2D eigenvalue weighted by atomic mass is 10.0. The summed E-state index contributed by atoms with van der Waals surface area (Å²) < 4.78 is 7.29. The van der Waals surface area contributed by atoms with Gasteiger partial charge < -0.3 is 15.0 Å². The zero-order valence-electron chi connectivity index (χ0n) is 16.7. The molecular formula is C22H25N5O2. The number of allylic oxidation sites excluding steroid dienone is 1. The minimum atomic E-state index is 0.0866. The molecule has 3 aromatic rings. The second-order valence-corrected chi connectivity index (χ2v) is 7.09. The fourth-order valence-corrected chi connectivity index (χ4v) is 3.68. The Morgan fingerprint density at radius 2 is 1.97 bits per heavy atom. The number of aromatic nitrogens is 3. The van der Waals surface area contributed by atoms with Gasteiger partial charge in [-0.3, -0.25) is 9.20 Å². The molecule has 29 heavy (non-hydrogen) atoms. The molecule has 2 aromatic heterocycles. The van der Waals surface area contributed by atoms with E-state index in [4.69, 9.17) is 4.74 Å². The third-order valence-electron chi connectivity index (χ3n) is 5.27. The van der Waals surface area contributed by atoms with Gasteiger partial charge in [0.2, 0.25) is 5.91 Å². The van der Waals surface area contributed by atoms with E-state index in [9.17, 15) is 4.79 Å². The number of ether oxygens (including phenoxy) is 1. The van der Waals surface area contributed by atoms with E-state index in [1.807, 2.05) is 52.9 Å². The Morgan fingerprint density at radius 1 is 1.21 bits per heavy atom. The summed E-state index contributed by atoms with van der Waals surface area (Å²) in [6.07, 6.45) is 10.8. The van der Waals surface area contributed by atoms with Gasteiger partial charge >= 0.3 is 0 Å². The number of imidazole rings is 1. The molecule has 0 bridgehead atoms. The zero-order chi connectivity index (χ0) is 20.2. The minimum Gasteiger partial charge on any atom is -0.497 e. The van der Waals surface area contributed by atoms with Crippen molar-refractivity contribution in [3.63, 3.8) is 0 Å². The predicted octanol–water partition coefficient (Wildman–Crippen LogP) is 3.38. The number of piperidine rings is 1. The average Bonchev–Trinajstić information content (AvgIpc) is 3.20. The Balaban J connectivity index is 1.51. The van der Waals surface area contributed by atoms with Crippen LogP contribution in [0.25, 0.3) is 16.9 Å². The van der Waals surface area contributed by atoms with Crippen molar-refractivity contribution in [2.75, 3.05) is 25.5 Å². The van der Waals surface area contributed by atoms with Gasteiger partial charge in [0, 0.05) is 37.1 Å². The molecule has 1 saturated heterocycles. The van der Waals surface area contributed by atoms with Crippen LogP contribution in [0.5, 0.6) is 5.75 Å². The first-order chi connectivity index (χ1) is 14.2. The highest BCUT2D eigenvalue weighted by Crippen LogP contribution is 2.26. The minimum absolute atomic E-state index is 0.0866. The van der Waals surface area contributed by atoms with Gasteiger partial charge in [0.25, 0.3) is 0 Å². The van der Waals surface area contributed by atoms with Crippen LogP contribution in [0.4, 0.5) is 5.82 Å². The number of nitrogens with zero attached hydrogens (tertiary/aromatic N) is 4. The maximum absolute atomic E-state index is 12.0. The van der Waals surface area contributed by atoms with Crippen molar-refractivity contribution < 1.29 is 9.53 Å². The van der Waals surface area contributed by atoms with Gasteiger partial charge in [-0.15, -0.1) is 0 Å². The first-order valence-corrected chi connectivity index (χ1v) is 9.84. The summed E-state index contributed by atoms with van der Waals surface area (Å²) in [5, 5.41) is 3.53. The lowest BCUT2D eigenvalue weighted by Crippen LogP contribution is -2.41. The number of benzene rings is 1. The lowest BCUT2D eigenvalue weighted by molar-refractivity contribution is -0.126. The molecule has 7 nitrogen and oxygen atoms in total. The molecule has 1 aliphatic heterocycles. The molecule has 4 rings (SSSR count). The number of rotatable bonds is 5. The first-order valence-electron chi connectivity index (χ1n) is 9.84. The first kappa shape index (κ1) is 19.0. The third kappa shape index (κ3) is 3.94. The lowest BCUT2D eigenvalue weighted by Gasteiger charge is -2.32. The van der Waals surface area contributed by atoms with E-state index in [1.165, 1.54) is 0 Å². The standard InChI is InChI=1S/C22H25N5O2/c1-3-4-20(28)26-12-9-17(10-13-26)25-21-22-24-15-19(27(22)14-11-23-21)16-5-7-18(29-2)8-6-16/h3-8,11,14-15,17H,9-10,12-13H2,1-2H3,(H,23,25)/b4-3+. The number of amides is 1. The quantitative estimate of drug-likeness (QED) is 0.675. The summed E-state index contributed by atoms with van der Waals surface area (Å²) in [4.78, 5) is 23.0. The van der Waals surface area contributed by atoms with Crippen LogP contribution in [0.3, 0.4) is 0 Å². The topological polar surface area (TPSA) is 71.8 Å². The van der Waals surface area contributed by atoms with Crippen LogP contribution >= 0.6 is 0 Å². The Bertz CT molecular complexity index is 1020. The summed E-state index contributed by atoms with van der Waals surface area (Å²) in [6.45, 7) is 3.36. The van der Waals surface area contributed by atoms with Gasteiger partial charge in [-0.25, -0.2) is 9.97 Å². The molecule has 0 unspecified atom stereocenters. The number of nitrogens with one attached hydrogen (secondary N) is 1. The maximum atomic E-state index is 12.0. The molecular weight excluding hydrogens is 366 g/mol. The number of methoxy groups -OCH3 is 1. The van der Waals surface area contributed by atoms with Crippen LogP contribution in [-0.4, -0.2) is 51.4 Å². The van der Waals surface area contributed by atoms with E-state index < -0.39 is 0 Å². The summed E-state index contributed by atoms with van der Waals surface area (Å²) in [5.41, 5.74) is 2.86. The van der Waals surface area contributed by atoms with Crippen molar-refractivity contribution in [2.24, 2.45) is 0 Å². The maximum Gasteiger partial charge on any atom is 0.246 e. The second-order valence-electron chi connectivity index (χ2n) is 7.09. The van der Waals surface area contributed by atoms with Gasteiger partial charge in [-0.1, -0.05) is 6.08 Å². The second kappa shape index (κ2) is 8.34. The van der Waals surface area contributed by atoms with Crippen LogP contribution in [0, 0.1) is 0 Å². The molecule has 1 amide bonds. The van der Waals surface area contributed by atoms with Gasteiger partial charge in [-0.2, -0.15) is 0 Å². The number of fused-ring (bicyclic) bond motifs is 1. The van der Waals surface area contributed by atoms with E-state index in [0.717, 1.165) is 54.4 Å². The smallest absolute Gasteiger partial charge is 0.246 e. The summed E-state index contributed by atoms with van der Waals surface area (Å²) >= 11 is 0. The van der Waals surface area contributed by atoms with Crippen molar-refractivity contribution in [1.82, 2.24) is 19.3 Å². The SMILES string of the molecule is C/C=C/C(=O)N1CCC(Nc2nccn3c(-c4ccc(OC)cc4)cnc23)CC1. The molecule has 1 fully saturated rings. The largest absolute Gasteiger partial charge is 0.497 e. The molecule has 0 aliphatic carbocycles. The molecule has 7 heteroatoms. The molecule has 1 aromatic carbocycles. The van der Waals surface area contributed by atoms with Gasteiger partial charge in [0.1, 0.15) is 5.75 Å². The number of carbonyl (C=O) groups excluding carboxylic acids is 1. The molecule has 1 aliphatic rings. The molecule has 0 saturated carbocycles. The Kier molecular flexibility index (Phi) is 5.46. The van der Waals surface area contributed by atoms with Crippen molar-refractivity contribution in [2.45, 2.75) is 25.8 Å². The molecule has 0 spiro atoms.